The number of methoxy groups -OCH3 is 1. The van der Waals surface area contributed by atoms with E-state index in [4.69, 9.17) is 0 Å². The largest absolute Gasteiger partial charge is 0.465 e. The maximum Gasteiger partial charge on any atom is 0.337 e. The first-order valence-corrected chi connectivity index (χ1v) is 9.10. The lowest BCUT2D eigenvalue weighted by atomic mass is 10.1. The third kappa shape index (κ3) is 4.78. The summed E-state index contributed by atoms with van der Waals surface area (Å²) in [4.78, 5) is 50.5. The van der Waals surface area contributed by atoms with Gasteiger partial charge in [0, 0.05) is 43.0 Å². The van der Waals surface area contributed by atoms with Crippen molar-refractivity contribution >= 4 is 29.9 Å². The van der Waals surface area contributed by atoms with Crippen molar-refractivity contribution in [3.8, 4) is 0 Å². The lowest BCUT2D eigenvalue weighted by molar-refractivity contribution is -0.119. The Hall–Kier alpha value is -3.68. The van der Waals surface area contributed by atoms with Gasteiger partial charge in [-0.25, -0.2) is 4.79 Å². The maximum absolute atomic E-state index is 12.6. The molecule has 2 aromatic rings. The minimum Gasteiger partial charge on any atom is -0.465 e. The molecule has 0 unspecified atom stereocenters. The molecule has 1 N–H and O–H groups in total. The summed E-state index contributed by atoms with van der Waals surface area (Å²) in [6, 6.07) is 12.8. The molecular weight excluding hydrogens is 374 g/mol. The SMILES string of the molecule is COC(=O)c1ccc(NC(=O)c2ccc(C(=O)N3CCN(C=O)CC3)cc2)cc1. The number of piperazine rings is 1. The number of rotatable bonds is 5. The number of nitrogens with one attached hydrogen (secondary N) is 1. The fourth-order valence-electron chi connectivity index (χ4n) is 2.99. The van der Waals surface area contributed by atoms with Crippen LogP contribution in [0.15, 0.2) is 48.5 Å². The van der Waals surface area contributed by atoms with Gasteiger partial charge in [-0.05, 0) is 48.5 Å². The zero-order valence-corrected chi connectivity index (χ0v) is 16.0. The Morgan fingerprint density at radius 3 is 1.97 bits per heavy atom. The Morgan fingerprint density at radius 2 is 1.41 bits per heavy atom. The summed E-state index contributed by atoms with van der Waals surface area (Å²) in [5.41, 5.74) is 1.83. The van der Waals surface area contributed by atoms with Gasteiger partial charge in [-0.2, -0.15) is 0 Å². The van der Waals surface area contributed by atoms with Crippen LogP contribution in [-0.2, 0) is 9.53 Å². The van der Waals surface area contributed by atoms with Gasteiger partial charge in [0.25, 0.3) is 11.8 Å². The van der Waals surface area contributed by atoms with Gasteiger partial charge in [-0.3, -0.25) is 14.4 Å². The molecule has 150 valence electrons. The van der Waals surface area contributed by atoms with E-state index in [9.17, 15) is 19.2 Å². The van der Waals surface area contributed by atoms with Crippen molar-refractivity contribution in [2.45, 2.75) is 0 Å². The second-order valence-electron chi connectivity index (χ2n) is 6.53. The minimum atomic E-state index is -0.448. The van der Waals surface area contributed by atoms with Crippen molar-refractivity contribution in [1.29, 1.82) is 0 Å². The highest BCUT2D eigenvalue weighted by molar-refractivity contribution is 6.05. The number of hydrogen-bond donors (Lipinski definition) is 1. The average molecular weight is 395 g/mol. The number of ether oxygens (including phenoxy) is 1. The molecule has 0 aromatic heterocycles. The second kappa shape index (κ2) is 9.01. The van der Waals surface area contributed by atoms with Crippen molar-refractivity contribution in [3.63, 3.8) is 0 Å². The summed E-state index contributed by atoms with van der Waals surface area (Å²) in [5, 5.41) is 2.74. The Kier molecular flexibility index (Phi) is 6.23. The first-order valence-electron chi connectivity index (χ1n) is 9.10. The monoisotopic (exact) mass is 395 g/mol. The molecule has 1 fully saturated rings. The summed E-state index contributed by atoms with van der Waals surface area (Å²) >= 11 is 0. The maximum atomic E-state index is 12.6. The predicted octanol–water partition coefficient (Wildman–Crippen LogP) is 1.64. The van der Waals surface area contributed by atoms with Crippen LogP contribution in [0.3, 0.4) is 0 Å². The van der Waals surface area contributed by atoms with Crippen molar-refractivity contribution in [2.75, 3.05) is 38.6 Å². The number of anilines is 1. The lowest BCUT2D eigenvalue weighted by Crippen LogP contribution is -2.48. The van der Waals surface area contributed by atoms with E-state index in [2.05, 4.69) is 10.1 Å². The fourth-order valence-corrected chi connectivity index (χ4v) is 2.99. The van der Waals surface area contributed by atoms with Crippen molar-refractivity contribution in [2.24, 2.45) is 0 Å². The van der Waals surface area contributed by atoms with E-state index in [0.717, 1.165) is 6.41 Å². The molecule has 0 radical (unpaired) electrons. The Labute approximate surface area is 168 Å². The molecule has 2 aromatic carbocycles. The van der Waals surface area contributed by atoms with Gasteiger partial charge in [0.15, 0.2) is 0 Å². The molecule has 3 amide bonds. The van der Waals surface area contributed by atoms with Crippen LogP contribution in [0.25, 0.3) is 0 Å². The summed E-state index contributed by atoms with van der Waals surface area (Å²) in [6.45, 7) is 2.01. The number of nitrogens with zero attached hydrogens (tertiary/aromatic N) is 2. The standard InChI is InChI=1S/C21H21N3O5/c1-29-21(28)17-6-8-18(9-7-17)22-19(26)15-2-4-16(5-3-15)20(27)24-12-10-23(14-25)11-13-24/h2-9,14H,10-13H2,1H3,(H,22,26). The molecule has 1 heterocycles. The molecule has 8 heteroatoms. The molecule has 0 atom stereocenters. The molecule has 0 spiro atoms. The van der Waals surface area contributed by atoms with Crippen LogP contribution in [0.2, 0.25) is 0 Å². The van der Waals surface area contributed by atoms with Crippen LogP contribution in [-0.4, -0.2) is 67.3 Å². The summed E-state index contributed by atoms with van der Waals surface area (Å²) in [6.07, 6.45) is 0.790. The van der Waals surface area contributed by atoms with Crippen LogP contribution in [0, 0.1) is 0 Å². The van der Waals surface area contributed by atoms with Crippen molar-refractivity contribution in [1.82, 2.24) is 9.80 Å². The molecule has 0 saturated carbocycles. The highest BCUT2D eigenvalue weighted by Crippen LogP contribution is 2.14. The molecule has 1 aliphatic heterocycles. The zero-order valence-electron chi connectivity index (χ0n) is 16.0. The molecule has 8 nitrogen and oxygen atoms in total. The van der Waals surface area contributed by atoms with Gasteiger partial charge in [0.05, 0.1) is 12.7 Å². The average Bonchev–Trinajstić information content (AvgIpc) is 2.78. The van der Waals surface area contributed by atoms with E-state index in [-0.39, 0.29) is 11.8 Å². The topological polar surface area (TPSA) is 96.0 Å². The molecule has 0 aliphatic carbocycles. The van der Waals surface area contributed by atoms with Gasteiger partial charge in [-0.15, -0.1) is 0 Å². The van der Waals surface area contributed by atoms with E-state index >= 15 is 0 Å². The van der Waals surface area contributed by atoms with Crippen LogP contribution in [0.4, 0.5) is 5.69 Å². The van der Waals surface area contributed by atoms with Gasteiger partial charge in [0.1, 0.15) is 0 Å². The van der Waals surface area contributed by atoms with Gasteiger partial charge >= 0.3 is 5.97 Å². The molecular formula is C21H21N3O5. The van der Waals surface area contributed by atoms with Gasteiger partial charge in [0.2, 0.25) is 6.41 Å². The van der Waals surface area contributed by atoms with Crippen LogP contribution < -0.4 is 5.32 Å². The molecule has 1 saturated heterocycles. The summed E-state index contributed by atoms with van der Waals surface area (Å²) in [5.74, 6) is -0.897. The summed E-state index contributed by atoms with van der Waals surface area (Å²) in [7, 11) is 1.30. The van der Waals surface area contributed by atoms with Crippen LogP contribution in [0.5, 0.6) is 0 Å². The highest BCUT2D eigenvalue weighted by atomic mass is 16.5. The van der Waals surface area contributed by atoms with E-state index in [0.29, 0.717) is 48.6 Å². The highest BCUT2D eigenvalue weighted by Gasteiger charge is 2.21. The number of carbonyl (C=O) groups is 4. The number of carbonyl (C=O) groups excluding carboxylic acids is 4. The first-order chi connectivity index (χ1) is 14.0. The van der Waals surface area contributed by atoms with Crippen LogP contribution in [0.1, 0.15) is 31.1 Å². The van der Waals surface area contributed by atoms with Gasteiger partial charge < -0.3 is 19.9 Å². The minimum absolute atomic E-state index is 0.124. The molecule has 29 heavy (non-hydrogen) atoms. The number of amides is 3. The number of esters is 1. The zero-order chi connectivity index (χ0) is 20.8. The van der Waals surface area contributed by atoms with E-state index in [1.807, 2.05) is 0 Å². The third-order valence-electron chi connectivity index (χ3n) is 4.71. The summed E-state index contributed by atoms with van der Waals surface area (Å²) < 4.78 is 4.64. The smallest absolute Gasteiger partial charge is 0.337 e. The Bertz CT molecular complexity index is 901. The van der Waals surface area contributed by atoms with Crippen molar-refractivity contribution < 1.29 is 23.9 Å². The number of benzene rings is 2. The van der Waals surface area contributed by atoms with Crippen molar-refractivity contribution in [3.05, 3.63) is 65.2 Å². The molecule has 0 bridgehead atoms. The van der Waals surface area contributed by atoms with E-state index in [1.54, 1.807) is 58.3 Å². The molecule has 1 aliphatic rings. The Balaban J connectivity index is 1.60. The van der Waals surface area contributed by atoms with E-state index in [1.165, 1.54) is 7.11 Å². The Morgan fingerprint density at radius 1 is 0.862 bits per heavy atom. The lowest BCUT2D eigenvalue weighted by Gasteiger charge is -2.32. The van der Waals surface area contributed by atoms with Gasteiger partial charge in [-0.1, -0.05) is 0 Å². The quantitative estimate of drug-likeness (QED) is 0.613. The second-order valence-corrected chi connectivity index (χ2v) is 6.53. The number of hydrogen-bond acceptors (Lipinski definition) is 5. The molecule has 3 rings (SSSR count). The van der Waals surface area contributed by atoms with E-state index < -0.39 is 5.97 Å². The predicted molar refractivity (Wildman–Crippen MR) is 106 cm³/mol. The van der Waals surface area contributed by atoms with Crippen LogP contribution >= 0.6 is 0 Å². The normalized spacial score (nSPS) is 13.6. The first kappa shape index (κ1) is 20.1. The fraction of sp³-hybridized carbons (Fsp3) is 0.238. The third-order valence-corrected chi connectivity index (χ3v) is 4.71.